The maximum Gasteiger partial charge on any atom is 0.114 e. The van der Waals surface area contributed by atoms with Crippen LogP contribution in [-0.4, -0.2) is 21.1 Å². The first-order chi connectivity index (χ1) is 9.93. The summed E-state index contributed by atoms with van der Waals surface area (Å²) in [4.78, 5) is 8.50. The Morgan fingerprint density at radius 1 is 1.20 bits per heavy atom. The Hall–Kier alpha value is -1.98. The van der Waals surface area contributed by atoms with Crippen molar-refractivity contribution in [3.8, 4) is 0 Å². The second kappa shape index (κ2) is 6.45. The second-order valence-corrected chi connectivity index (χ2v) is 5.39. The van der Waals surface area contributed by atoms with Crippen molar-refractivity contribution in [2.24, 2.45) is 0 Å². The number of rotatable bonds is 6. The Morgan fingerprint density at radius 2 is 2.10 bits per heavy atom. The van der Waals surface area contributed by atoms with E-state index in [0.29, 0.717) is 0 Å². The van der Waals surface area contributed by atoms with Crippen molar-refractivity contribution in [3.63, 3.8) is 0 Å². The van der Waals surface area contributed by atoms with Gasteiger partial charge in [-0.2, -0.15) is 0 Å². The minimum Gasteiger partial charge on any atom is -0.336 e. The fourth-order valence-electron chi connectivity index (χ4n) is 2.13. The van der Waals surface area contributed by atoms with E-state index >= 15 is 0 Å². The number of aromatic nitrogens is 3. The van der Waals surface area contributed by atoms with Gasteiger partial charge in [0, 0.05) is 37.1 Å². The SMILES string of the molecule is c1ccc(C(NCCn2ccnc2)c2nccs2)cc1. The number of benzene rings is 1. The molecule has 0 aliphatic carbocycles. The first kappa shape index (κ1) is 13.0. The van der Waals surface area contributed by atoms with Crippen LogP contribution in [0.3, 0.4) is 0 Å². The lowest BCUT2D eigenvalue weighted by Gasteiger charge is -2.17. The molecule has 5 heteroatoms. The van der Waals surface area contributed by atoms with Gasteiger partial charge in [0.25, 0.3) is 0 Å². The van der Waals surface area contributed by atoms with Crippen molar-refractivity contribution in [2.45, 2.75) is 12.6 Å². The van der Waals surface area contributed by atoms with Gasteiger partial charge in [0.15, 0.2) is 0 Å². The predicted molar refractivity (Wildman–Crippen MR) is 80.6 cm³/mol. The normalized spacial score (nSPS) is 12.4. The van der Waals surface area contributed by atoms with E-state index in [1.54, 1.807) is 17.5 Å². The molecule has 2 heterocycles. The van der Waals surface area contributed by atoms with Crippen LogP contribution in [0.2, 0.25) is 0 Å². The molecule has 0 amide bonds. The standard InChI is InChI=1S/C15H16N4S/c1-2-4-13(5-3-1)14(15-18-8-11-20-15)17-7-10-19-9-6-16-12-19/h1-6,8-9,11-12,14,17H,7,10H2. The van der Waals surface area contributed by atoms with E-state index in [-0.39, 0.29) is 6.04 Å². The van der Waals surface area contributed by atoms with Crippen LogP contribution in [0, 0.1) is 0 Å². The molecule has 1 atom stereocenters. The number of thiazole rings is 1. The summed E-state index contributed by atoms with van der Waals surface area (Å²) in [5.41, 5.74) is 1.24. The largest absolute Gasteiger partial charge is 0.336 e. The molecule has 0 spiro atoms. The smallest absolute Gasteiger partial charge is 0.114 e. The molecule has 1 N–H and O–H groups in total. The number of hydrogen-bond acceptors (Lipinski definition) is 4. The fourth-order valence-corrected chi connectivity index (χ4v) is 2.87. The Labute approximate surface area is 122 Å². The number of nitrogens with one attached hydrogen (secondary N) is 1. The highest BCUT2D eigenvalue weighted by molar-refractivity contribution is 7.09. The molecule has 1 aromatic carbocycles. The van der Waals surface area contributed by atoms with E-state index in [4.69, 9.17) is 0 Å². The number of imidazole rings is 1. The third-order valence-electron chi connectivity index (χ3n) is 3.11. The third-order valence-corrected chi connectivity index (χ3v) is 3.95. The molecular weight excluding hydrogens is 268 g/mol. The Morgan fingerprint density at radius 3 is 2.80 bits per heavy atom. The Balaban J connectivity index is 1.70. The first-order valence-corrected chi connectivity index (χ1v) is 7.45. The average Bonchev–Trinajstić information content (AvgIpc) is 3.18. The molecule has 3 rings (SSSR count). The molecule has 0 radical (unpaired) electrons. The van der Waals surface area contributed by atoms with Crippen molar-refractivity contribution in [2.75, 3.05) is 6.54 Å². The van der Waals surface area contributed by atoms with Crippen LogP contribution in [0.5, 0.6) is 0 Å². The number of hydrogen-bond donors (Lipinski definition) is 1. The van der Waals surface area contributed by atoms with Crippen LogP contribution in [0.25, 0.3) is 0 Å². The van der Waals surface area contributed by atoms with E-state index in [1.807, 2.05) is 30.2 Å². The Bertz CT molecular complexity index is 605. The second-order valence-electron chi connectivity index (χ2n) is 4.47. The maximum absolute atomic E-state index is 4.45. The zero-order valence-electron chi connectivity index (χ0n) is 11.0. The minimum absolute atomic E-state index is 0.153. The van der Waals surface area contributed by atoms with Crippen molar-refractivity contribution in [1.29, 1.82) is 0 Å². The van der Waals surface area contributed by atoms with E-state index in [2.05, 4.69) is 44.1 Å². The molecule has 20 heavy (non-hydrogen) atoms. The highest BCUT2D eigenvalue weighted by atomic mass is 32.1. The first-order valence-electron chi connectivity index (χ1n) is 6.57. The van der Waals surface area contributed by atoms with Crippen molar-refractivity contribution >= 4 is 11.3 Å². The molecule has 3 aromatic rings. The minimum atomic E-state index is 0.153. The molecule has 0 saturated heterocycles. The van der Waals surface area contributed by atoms with Crippen molar-refractivity contribution < 1.29 is 0 Å². The molecule has 2 aromatic heterocycles. The quantitative estimate of drug-likeness (QED) is 0.757. The van der Waals surface area contributed by atoms with Gasteiger partial charge in [-0.3, -0.25) is 0 Å². The van der Waals surface area contributed by atoms with E-state index in [1.165, 1.54) is 5.56 Å². The van der Waals surface area contributed by atoms with Gasteiger partial charge in [-0.15, -0.1) is 11.3 Å². The third kappa shape index (κ3) is 3.12. The molecule has 1 unspecified atom stereocenters. The summed E-state index contributed by atoms with van der Waals surface area (Å²) in [7, 11) is 0. The topological polar surface area (TPSA) is 42.7 Å². The lowest BCUT2D eigenvalue weighted by Crippen LogP contribution is -2.25. The molecule has 102 valence electrons. The van der Waals surface area contributed by atoms with Gasteiger partial charge in [-0.1, -0.05) is 30.3 Å². The average molecular weight is 284 g/mol. The molecule has 0 saturated carbocycles. The van der Waals surface area contributed by atoms with Crippen LogP contribution in [0.15, 0.2) is 60.6 Å². The Kier molecular flexibility index (Phi) is 4.20. The number of nitrogens with zero attached hydrogens (tertiary/aromatic N) is 3. The summed E-state index contributed by atoms with van der Waals surface area (Å²) in [5.74, 6) is 0. The van der Waals surface area contributed by atoms with Gasteiger partial charge < -0.3 is 9.88 Å². The predicted octanol–water partition coefficient (Wildman–Crippen LogP) is 2.72. The summed E-state index contributed by atoms with van der Waals surface area (Å²) >= 11 is 1.68. The summed E-state index contributed by atoms with van der Waals surface area (Å²) in [5, 5.41) is 6.69. The lowest BCUT2D eigenvalue weighted by atomic mass is 10.1. The summed E-state index contributed by atoms with van der Waals surface area (Å²) in [6.45, 7) is 1.77. The molecular formula is C15H16N4S. The van der Waals surface area contributed by atoms with Gasteiger partial charge in [-0.25, -0.2) is 9.97 Å². The molecule has 0 fully saturated rings. The summed E-state index contributed by atoms with van der Waals surface area (Å²) < 4.78 is 2.07. The van der Waals surface area contributed by atoms with Gasteiger partial charge >= 0.3 is 0 Å². The summed E-state index contributed by atoms with van der Waals surface area (Å²) in [6, 6.07) is 10.6. The summed E-state index contributed by atoms with van der Waals surface area (Å²) in [6.07, 6.45) is 7.47. The monoisotopic (exact) mass is 284 g/mol. The van der Waals surface area contributed by atoms with Crippen LogP contribution in [0.4, 0.5) is 0 Å². The zero-order chi connectivity index (χ0) is 13.6. The van der Waals surface area contributed by atoms with E-state index < -0.39 is 0 Å². The van der Waals surface area contributed by atoms with Crippen LogP contribution >= 0.6 is 11.3 Å². The van der Waals surface area contributed by atoms with Crippen LogP contribution < -0.4 is 5.32 Å². The highest BCUT2D eigenvalue weighted by Crippen LogP contribution is 2.23. The maximum atomic E-state index is 4.45. The lowest BCUT2D eigenvalue weighted by molar-refractivity contribution is 0.549. The molecule has 0 aliphatic rings. The van der Waals surface area contributed by atoms with Gasteiger partial charge in [0.1, 0.15) is 5.01 Å². The van der Waals surface area contributed by atoms with Crippen LogP contribution in [-0.2, 0) is 6.54 Å². The van der Waals surface area contributed by atoms with Gasteiger partial charge in [-0.05, 0) is 5.56 Å². The van der Waals surface area contributed by atoms with Gasteiger partial charge in [0.2, 0.25) is 0 Å². The van der Waals surface area contributed by atoms with E-state index in [0.717, 1.165) is 18.1 Å². The zero-order valence-corrected chi connectivity index (χ0v) is 11.8. The molecule has 0 bridgehead atoms. The highest BCUT2D eigenvalue weighted by Gasteiger charge is 2.15. The van der Waals surface area contributed by atoms with Crippen LogP contribution in [0.1, 0.15) is 16.6 Å². The fraction of sp³-hybridized carbons (Fsp3) is 0.200. The molecule has 4 nitrogen and oxygen atoms in total. The van der Waals surface area contributed by atoms with E-state index in [9.17, 15) is 0 Å². The van der Waals surface area contributed by atoms with Crippen molar-refractivity contribution in [3.05, 3.63) is 71.2 Å². The van der Waals surface area contributed by atoms with Gasteiger partial charge in [0.05, 0.1) is 12.4 Å². The molecule has 0 aliphatic heterocycles. The van der Waals surface area contributed by atoms with Crippen molar-refractivity contribution in [1.82, 2.24) is 19.9 Å².